The smallest absolute Gasteiger partial charge is 0.221 e. The maximum absolute atomic E-state index is 11.6. The molecule has 1 amide bonds. The molecule has 3 rings (SSSR count). The summed E-state index contributed by atoms with van der Waals surface area (Å²) in [4.78, 5) is 15.9. The SMILES string of the molecule is Nc1ccc(NCCC(=O)NC2CC2)c2cccnc12. The zero-order chi connectivity index (χ0) is 13.9. The fourth-order valence-corrected chi connectivity index (χ4v) is 2.19. The Morgan fingerprint density at radius 1 is 1.35 bits per heavy atom. The molecule has 1 saturated carbocycles. The number of nitrogens with zero attached hydrogens (tertiary/aromatic N) is 1. The first-order chi connectivity index (χ1) is 9.74. The van der Waals surface area contributed by atoms with Crippen LogP contribution in [0, 0.1) is 0 Å². The molecule has 0 radical (unpaired) electrons. The lowest BCUT2D eigenvalue weighted by Crippen LogP contribution is -2.27. The van der Waals surface area contributed by atoms with Crippen molar-refractivity contribution >= 4 is 28.2 Å². The molecular weight excluding hydrogens is 252 g/mol. The minimum Gasteiger partial charge on any atom is -0.397 e. The minimum absolute atomic E-state index is 0.109. The van der Waals surface area contributed by atoms with Gasteiger partial charge >= 0.3 is 0 Å². The first-order valence-corrected chi connectivity index (χ1v) is 6.90. The van der Waals surface area contributed by atoms with Gasteiger partial charge in [0, 0.05) is 36.3 Å². The lowest BCUT2D eigenvalue weighted by atomic mass is 10.1. The number of nitrogens with one attached hydrogen (secondary N) is 2. The van der Waals surface area contributed by atoms with Gasteiger partial charge in [-0.2, -0.15) is 0 Å². The number of anilines is 2. The molecule has 1 aliphatic carbocycles. The Kier molecular flexibility index (Phi) is 3.41. The van der Waals surface area contributed by atoms with Gasteiger partial charge in [0.25, 0.3) is 0 Å². The van der Waals surface area contributed by atoms with Gasteiger partial charge in [0.05, 0.1) is 11.2 Å². The number of carbonyl (C=O) groups is 1. The van der Waals surface area contributed by atoms with Gasteiger partial charge in [-0.1, -0.05) is 0 Å². The van der Waals surface area contributed by atoms with Crippen LogP contribution >= 0.6 is 0 Å². The molecule has 104 valence electrons. The van der Waals surface area contributed by atoms with E-state index in [0.29, 0.717) is 24.7 Å². The summed E-state index contributed by atoms with van der Waals surface area (Å²) in [6, 6.07) is 8.04. The second-order valence-electron chi connectivity index (χ2n) is 5.12. The first kappa shape index (κ1) is 12.7. The molecule has 1 aromatic heterocycles. The van der Waals surface area contributed by atoms with E-state index in [2.05, 4.69) is 15.6 Å². The molecule has 5 nitrogen and oxygen atoms in total. The Bertz CT molecular complexity index is 637. The zero-order valence-corrected chi connectivity index (χ0v) is 11.2. The van der Waals surface area contributed by atoms with Gasteiger partial charge in [0.15, 0.2) is 0 Å². The maximum Gasteiger partial charge on any atom is 0.221 e. The highest BCUT2D eigenvalue weighted by Gasteiger charge is 2.22. The summed E-state index contributed by atoms with van der Waals surface area (Å²) in [6.07, 6.45) is 4.44. The summed E-state index contributed by atoms with van der Waals surface area (Å²) >= 11 is 0. The number of carbonyl (C=O) groups excluding carboxylic acids is 1. The molecule has 0 aliphatic heterocycles. The Morgan fingerprint density at radius 3 is 3.00 bits per heavy atom. The standard InChI is InChI=1S/C15H18N4O/c16-12-5-6-13(11-2-1-8-18-15(11)12)17-9-7-14(20)19-10-3-4-10/h1-2,5-6,8,10,17H,3-4,7,9,16H2,(H,19,20). The third kappa shape index (κ3) is 2.82. The Morgan fingerprint density at radius 2 is 2.20 bits per heavy atom. The van der Waals surface area contributed by atoms with Crippen molar-refractivity contribution in [3.8, 4) is 0 Å². The van der Waals surface area contributed by atoms with Crippen LogP contribution in [0.1, 0.15) is 19.3 Å². The molecule has 1 aromatic carbocycles. The van der Waals surface area contributed by atoms with Gasteiger partial charge in [-0.25, -0.2) is 0 Å². The molecule has 0 saturated heterocycles. The van der Waals surface area contributed by atoms with E-state index in [-0.39, 0.29) is 5.91 Å². The molecule has 1 aliphatic rings. The quantitative estimate of drug-likeness (QED) is 0.725. The molecule has 0 bridgehead atoms. The van der Waals surface area contributed by atoms with Gasteiger partial charge in [-0.3, -0.25) is 9.78 Å². The van der Waals surface area contributed by atoms with Crippen molar-refractivity contribution in [3.05, 3.63) is 30.5 Å². The molecule has 1 fully saturated rings. The summed E-state index contributed by atoms with van der Waals surface area (Å²) < 4.78 is 0. The monoisotopic (exact) mass is 270 g/mol. The van der Waals surface area contributed by atoms with Crippen molar-refractivity contribution in [1.29, 1.82) is 0 Å². The lowest BCUT2D eigenvalue weighted by Gasteiger charge is -2.10. The van der Waals surface area contributed by atoms with Crippen LogP contribution in [0.3, 0.4) is 0 Å². The fourth-order valence-electron chi connectivity index (χ4n) is 2.19. The van der Waals surface area contributed by atoms with Crippen LogP contribution in [-0.4, -0.2) is 23.5 Å². The average molecular weight is 270 g/mol. The third-order valence-electron chi connectivity index (χ3n) is 3.41. The first-order valence-electron chi connectivity index (χ1n) is 6.90. The van der Waals surface area contributed by atoms with Crippen LogP contribution in [0.2, 0.25) is 0 Å². The van der Waals surface area contributed by atoms with Crippen LogP contribution in [0.25, 0.3) is 10.9 Å². The highest BCUT2D eigenvalue weighted by Crippen LogP contribution is 2.26. The number of nitrogens with two attached hydrogens (primary N) is 1. The van der Waals surface area contributed by atoms with Crippen LogP contribution < -0.4 is 16.4 Å². The molecule has 0 atom stereocenters. The van der Waals surface area contributed by atoms with E-state index in [4.69, 9.17) is 5.73 Å². The third-order valence-corrected chi connectivity index (χ3v) is 3.41. The highest BCUT2D eigenvalue weighted by molar-refractivity contribution is 5.98. The van der Waals surface area contributed by atoms with E-state index < -0.39 is 0 Å². The zero-order valence-electron chi connectivity index (χ0n) is 11.2. The topological polar surface area (TPSA) is 80.0 Å². The van der Waals surface area contributed by atoms with Crippen molar-refractivity contribution in [2.45, 2.75) is 25.3 Å². The van der Waals surface area contributed by atoms with Crippen molar-refractivity contribution in [1.82, 2.24) is 10.3 Å². The second kappa shape index (κ2) is 5.36. The predicted octanol–water partition coefficient (Wildman–Crippen LogP) is 1.90. The number of benzene rings is 1. The normalized spacial score (nSPS) is 14.2. The van der Waals surface area contributed by atoms with E-state index in [0.717, 1.165) is 29.4 Å². The summed E-state index contributed by atoms with van der Waals surface area (Å²) in [5, 5.41) is 7.24. The molecule has 4 N–H and O–H groups in total. The van der Waals surface area contributed by atoms with E-state index in [1.807, 2.05) is 24.3 Å². The molecule has 1 heterocycles. The van der Waals surface area contributed by atoms with Crippen molar-refractivity contribution in [3.63, 3.8) is 0 Å². The largest absolute Gasteiger partial charge is 0.397 e. The number of nitrogen functional groups attached to an aromatic ring is 1. The van der Waals surface area contributed by atoms with Crippen molar-refractivity contribution < 1.29 is 4.79 Å². The van der Waals surface area contributed by atoms with E-state index >= 15 is 0 Å². The molecular formula is C15H18N4O. The lowest BCUT2D eigenvalue weighted by molar-refractivity contribution is -0.120. The van der Waals surface area contributed by atoms with Crippen LogP contribution in [0.4, 0.5) is 11.4 Å². The molecule has 5 heteroatoms. The average Bonchev–Trinajstić information content (AvgIpc) is 3.26. The Balaban J connectivity index is 1.65. The number of pyridine rings is 1. The molecule has 0 unspecified atom stereocenters. The van der Waals surface area contributed by atoms with Gasteiger partial charge < -0.3 is 16.4 Å². The van der Waals surface area contributed by atoms with E-state index in [1.54, 1.807) is 6.20 Å². The van der Waals surface area contributed by atoms with Gasteiger partial charge in [0.2, 0.25) is 5.91 Å². The van der Waals surface area contributed by atoms with Crippen molar-refractivity contribution in [2.75, 3.05) is 17.6 Å². The molecule has 2 aromatic rings. The minimum atomic E-state index is 0.109. The number of hydrogen-bond donors (Lipinski definition) is 3. The number of amides is 1. The Hall–Kier alpha value is -2.30. The number of rotatable bonds is 5. The predicted molar refractivity (Wildman–Crippen MR) is 80.4 cm³/mol. The number of hydrogen-bond acceptors (Lipinski definition) is 4. The van der Waals surface area contributed by atoms with Gasteiger partial charge in [-0.05, 0) is 37.1 Å². The summed E-state index contributed by atoms with van der Waals surface area (Å²) in [7, 11) is 0. The van der Waals surface area contributed by atoms with Crippen molar-refractivity contribution in [2.24, 2.45) is 0 Å². The molecule has 0 spiro atoms. The van der Waals surface area contributed by atoms with Crippen LogP contribution in [0.5, 0.6) is 0 Å². The molecule has 20 heavy (non-hydrogen) atoms. The van der Waals surface area contributed by atoms with E-state index in [9.17, 15) is 4.79 Å². The maximum atomic E-state index is 11.6. The van der Waals surface area contributed by atoms with Gasteiger partial charge in [0.1, 0.15) is 0 Å². The summed E-state index contributed by atoms with van der Waals surface area (Å²) in [5.41, 5.74) is 8.33. The van der Waals surface area contributed by atoms with Crippen LogP contribution in [0.15, 0.2) is 30.5 Å². The Labute approximate surface area is 117 Å². The summed E-state index contributed by atoms with van der Waals surface area (Å²) in [5.74, 6) is 0.109. The van der Waals surface area contributed by atoms with E-state index in [1.165, 1.54) is 0 Å². The summed E-state index contributed by atoms with van der Waals surface area (Å²) in [6.45, 7) is 0.604. The fraction of sp³-hybridized carbons (Fsp3) is 0.333. The van der Waals surface area contributed by atoms with Crippen LogP contribution in [-0.2, 0) is 4.79 Å². The number of fused-ring (bicyclic) bond motifs is 1. The highest BCUT2D eigenvalue weighted by atomic mass is 16.1. The van der Waals surface area contributed by atoms with Gasteiger partial charge in [-0.15, -0.1) is 0 Å². The number of aromatic nitrogens is 1. The second-order valence-corrected chi connectivity index (χ2v) is 5.12.